The van der Waals surface area contributed by atoms with Crippen LogP contribution in [0.1, 0.15) is 11.1 Å². The highest BCUT2D eigenvalue weighted by atomic mass is 16.4. The number of benzene rings is 1. The topological polar surface area (TPSA) is 70.0 Å². The highest BCUT2D eigenvalue weighted by molar-refractivity contribution is 6.19. The molecule has 0 unspecified atom stereocenters. The Morgan fingerprint density at radius 3 is 2.65 bits per heavy atom. The number of aliphatic carboxylic acids is 1. The van der Waals surface area contributed by atoms with Crippen LogP contribution in [-0.2, 0) is 9.59 Å². The standard InChI is InChI=1S/C12H12N2O3/c1-7-3-4-10(8(2)5-7)14-11(15)9(6-13-14)12(16)17/h3-6,9H,1-2H3,(H,16,17)/t9-/m1/s1. The summed E-state index contributed by atoms with van der Waals surface area (Å²) >= 11 is 0. The molecule has 0 saturated heterocycles. The number of anilines is 1. The smallest absolute Gasteiger partial charge is 0.321 e. The van der Waals surface area contributed by atoms with Crippen LogP contribution >= 0.6 is 0 Å². The molecule has 1 aromatic carbocycles. The van der Waals surface area contributed by atoms with E-state index in [4.69, 9.17) is 5.11 Å². The molecule has 1 aliphatic rings. The molecular formula is C12H12N2O3. The second kappa shape index (κ2) is 4.01. The van der Waals surface area contributed by atoms with E-state index in [1.54, 1.807) is 6.07 Å². The first-order valence-corrected chi connectivity index (χ1v) is 5.19. The van der Waals surface area contributed by atoms with Crippen molar-refractivity contribution in [1.82, 2.24) is 0 Å². The van der Waals surface area contributed by atoms with Crippen LogP contribution in [0.4, 0.5) is 5.69 Å². The van der Waals surface area contributed by atoms with Gasteiger partial charge in [0.2, 0.25) is 0 Å². The number of rotatable bonds is 2. The summed E-state index contributed by atoms with van der Waals surface area (Å²) < 4.78 is 0. The Morgan fingerprint density at radius 2 is 2.12 bits per heavy atom. The summed E-state index contributed by atoms with van der Waals surface area (Å²) in [6.07, 6.45) is 1.16. The van der Waals surface area contributed by atoms with Crippen molar-refractivity contribution in [3.8, 4) is 0 Å². The lowest BCUT2D eigenvalue weighted by Gasteiger charge is -2.15. The van der Waals surface area contributed by atoms with Crippen LogP contribution in [0.5, 0.6) is 0 Å². The lowest BCUT2D eigenvalue weighted by Crippen LogP contribution is -2.31. The third kappa shape index (κ3) is 1.91. The van der Waals surface area contributed by atoms with Crippen molar-refractivity contribution in [2.24, 2.45) is 11.0 Å². The van der Waals surface area contributed by atoms with Gasteiger partial charge in [-0.05, 0) is 25.5 Å². The normalized spacial score (nSPS) is 18.8. The van der Waals surface area contributed by atoms with Gasteiger partial charge < -0.3 is 5.11 Å². The first kappa shape index (κ1) is 11.3. The van der Waals surface area contributed by atoms with Crippen molar-refractivity contribution in [3.63, 3.8) is 0 Å². The number of carboxylic acids is 1. The average Bonchev–Trinajstić information content (AvgIpc) is 2.60. The highest BCUT2D eigenvalue weighted by Gasteiger charge is 2.35. The molecule has 17 heavy (non-hydrogen) atoms. The van der Waals surface area contributed by atoms with Gasteiger partial charge in [-0.1, -0.05) is 17.7 Å². The molecule has 0 saturated carbocycles. The number of hydrazone groups is 1. The van der Waals surface area contributed by atoms with Gasteiger partial charge in [-0.15, -0.1) is 0 Å². The Hall–Kier alpha value is -2.17. The number of amides is 1. The Labute approximate surface area is 98.4 Å². The largest absolute Gasteiger partial charge is 0.480 e. The van der Waals surface area contributed by atoms with E-state index in [1.807, 2.05) is 26.0 Å². The fourth-order valence-corrected chi connectivity index (χ4v) is 1.78. The summed E-state index contributed by atoms with van der Waals surface area (Å²) in [6, 6.07) is 5.55. The maximum absolute atomic E-state index is 11.8. The van der Waals surface area contributed by atoms with Crippen molar-refractivity contribution in [1.29, 1.82) is 0 Å². The van der Waals surface area contributed by atoms with E-state index in [1.165, 1.54) is 0 Å². The molecule has 5 heteroatoms. The number of nitrogens with zero attached hydrogens (tertiary/aromatic N) is 2. The predicted molar refractivity (Wildman–Crippen MR) is 63.0 cm³/mol. The van der Waals surface area contributed by atoms with Gasteiger partial charge >= 0.3 is 5.97 Å². The predicted octanol–water partition coefficient (Wildman–Crippen LogP) is 1.34. The number of carbonyl (C=O) groups excluding carboxylic acids is 1. The fraction of sp³-hybridized carbons (Fsp3) is 0.250. The van der Waals surface area contributed by atoms with Crippen LogP contribution in [0, 0.1) is 19.8 Å². The van der Waals surface area contributed by atoms with Crippen LogP contribution in [0.2, 0.25) is 0 Å². The molecule has 0 aromatic heterocycles. The molecule has 88 valence electrons. The molecule has 1 amide bonds. The van der Waals surface area contributed by atoms with E-state index in [2.05, 4.69) is 5.10 Å². The third-order valence-corrected chi connectivity index (χ3v) is 2.65. The summed E-state index contributed by atoms with van der Waals surface area (Å²) in [6.45, 7) is 3.81. The monoisotopic (exact) mass is 232 g/mol. The zero-order valence-electron chi connectivity index (χ0n) is 9.54. The summed E-state index contributed by atoms with van der Waals surface area (Å²) in [5.41, 5.74) is 2.60. The summed E-state index contributed by atoms with van der Waals surface area (Å²) in [5, 5.41) is 13.8. The molecule has 1 atom stereocenters. The Morgan fingerprint density at radius 1 is 1.41 bits per heavy atom. The number of carboxylic acid groups (broad SMARTS) is 1. The molecule has 0 radical (unpaired) electrons. The van der Waals surface area contributed by atoms with Crippen molar-refractivity contribution >= 4 is 23.8 Å². The quantitative estimate of drug-likeness (QED) is 0.782. The van der Waals surface area contributed by atoms with Crippen molar-refractivity contribution in [2.75, 3.05) is 5.01 Å². The number of hydrogen-bond acceptors (Lipinski definition) is 3. The van der Waals surface area contributed by atoms with Gasteiger partial charge in [0.05, 0.1) is 5.69 Å². The number of aryl methyl sites for hydroxylation is 2. The second-order valence-electron chi connectivity index (χ2n) is 4.02. The molecule has 1 aliphatic heterocycles. The van der Waals surface area contributed by atoms with Gasteiger partial charge in [-0.25, -0.2) is 0 Å². The Bertz CT molecular complexity index is 522. The molecule has 2 rings (SSSR count). The summed E-state index contributed by atoms with van der Waals surface area (Å²) in [4.78, 5) is 22.6. The van der Waals surface area contributed by atoms with Gasteiger partial charge in [0.15, 0.2) is 5.92 Å². The average molecular weight is 232 g/mol. The zero-order valence-corrected chi connectivity index (χ0v) is 9.54. The van der Waals surface area contributed by atoms with Gasteiger partial charge in [-0.2, -0.15) is 10.1 Å². The molecule has 0 fully saturated rings. The van der Waals surface area contributed by atoms with Crippen LogP contribution in [-0.4, -0.2) is 23.2 Å². The molecule has 5 nitrogen and oxygen atoms in total. The minimum absolute atomic E-state index is 0.524. The minimum atomic E-state index is -1.17. The second-order valence-corrected chi connectivity index (χ2v) is 4.02. The van der Waals surface area contributed by atoms with Crippen LogP contribution in [0.15, 0.2) is 23.3 Å². The molecule has 1 aromatic rings. The summed E-state index contributed by atoms with van der Waals surface area (Å²) in [7, 11) is 0. The molecule has 0 aliphatic carbocycles. The van der Waals surface area contributed by atoms with Gasteiger partial charge in [0.25, 0.3) is 5.91 Å². The van der Waals surface area contributed by atoms with Crippen molar-refractivity contribution in [3.05, 3.63) is 29.3 Å². The van der Waals surface area contributed by atoms with E-state index in [0.717, 1.165) is 22.4 Å². The van der Waals surface area contributed by atoms with Gasteiger partial charge in [0, 0.05) is 6.21 Å². The maximum Gasteiger partial charge on any atom is 0.321 e. The summed E-state index contributed by atoms with van der Waals surface area (Å²) in [5.74, 6) is -2.87. The fourth-order valence-electron chi connectivity index (χ4n) is 1.78. The molecule has 1 N–H and O–H groups in total. The van der Waals surface area contributed by atoms with E-state index >= 15 is 0 Å². The zero-order chi connectivity index (χ0) is 12.6. The molecular weight excluding hydrogens is 220 g/mol. The Kier molecular flexibility index (Phi) is 2.67. The van der Waals surface area contributed by atoms with E-state index in [9.17, 15) is 9.59 Å². The number of hydrogen-bond donors (Lipinski definition) is 1. The van der Waals surface area contributed by atoms with E-state index < -0.39 is 17.8 Å². The lowest BCUT2D eigenvalue weighted by molar-refractivity contribution is -0.142. The van der Waals surface area contributed by atoms with Crippen molar-refractivity contribution < 1.29 is 14.7 Å². The van der Waals surface area contributed by atoms with Crippen LogP contribution < -0.4 is 5.01 Å². The highest BCUT2D eigenvalue weighted by Crippen LogP contribution is 2.25. The SMILES string of the molecule is Cc1ccc(N2N=C[C@@H](C(=O)O)C2=O)c(C)c1. The molecule has 0 spiro atoms. The molecule has 0 bridgehead atoms. The van der Waals surface area contributed by atoms with Gasteiger partial charge in [0.1, 0.15) is 0 Å². The lowest BCUT2D eigenvalue weighted by atomic mass is 10.1. The van der Waals surface area contributed by atoms with Crippen LogP contribution in [0.3, 0.4) is 0 Å². The Balaban J connectivity index is 2.34. The van der Waals surface area contributed by atoms with Crippen LogP contribution in [0.25, 0.3) is 0 Å². The van der Waals surface area contributed by atoms with Gasteiger partial charge in [-0.3, -0.25) is 9.59 Å². The first-order chi connectivity index (χ1) is 8.00. The van der Waals surface area contributed by atoms with E-state index in [0.29, 0.717) is 5.69 Å². The van der Waals surface area contributed by atoms with Crippen molar-refractivity contribution in [2.45, 2.75) is 13.8 Å². The maximum atomic E-state index is 11.8. The number of carbonyl (C=O) groups is 2. The third-order valence-electron chi connectivity index (χ3n) is 2.65. The first-order valence-electron chi connectivity index (χ1n) is 5.19. The molecule has 1 heterocycles. The van der Waals surface area contributed by atoms with E-state index in [-0.39, 0.29) is 0 Å². The minimum Gasteiger partial charge on any atom is -0.480 e.